The first kappa shape index (κ1) is 11.2. The van der Waals surface area contributed by atoms with Crippen LogP contribution in [-0.2, 0) is 12.9 Å². The van der Waals surface area contributed by atoms with Gasteiger partial charge >= 0.3 is 5.69 Å². The molecule has 0 bridgehead atoms. The maximum atomic E-state index is 11.4. The van der Waals surface area contributed by atoms with Gasteiger partial charge in [0.1, 0.15) is 0 Å². The quantitative estimate of drug-likeness (QED) is 0.779. The van der Waals surface area contributed by atoms with Crippen LogP contribution in [0.1, 0.15) is 0 Å². The first-order valence-electron chi connectivity index (χ1n) is 4.49. The summed E-state index contributed by atoms with van der Waals surface area (Å²) in [5.41, 5.74) is -0.314. The molecule has 7 heteroatoms. The van der Waals surface area contributed by atoms with Crippen LogP contribution in [0.25, 0.3) is 0 Å². The molecule has 0 aliphatic carbocycles. The lowest BCUT2D eigenvalue weighted by molar-refractivity contribution is 0.764. The van der Waals surface area contributed by atoms with Crippen molar-refractivity contribution in [2.75, 3.05) is 0 Å². The minimum atomic E-state index is -0.314. The molecule has 0 radical (unpaired) electrons. The molecule has 2 aromatic heterocycles. The number of aromatic nitrogens is 4. The van der Waals surface area contributed by atoms with E-state index < -0.39 is 0 Å². The van der Waals surface area contributed by atoms with Crippen molar-refractivity contribution in [3.8, 4) is 0 Å². The second-order valence-electron chi connectivity index (χ2n) is 3.12. The van der Waals surface area contributed by atoms with Crippen molar-refractivity contribution in [1.29, 1.82) is 0 Å². The number of halogens is 1. The topological polar surface area (TPSA) is 52.7 Å². The molecule has 0 aliphatic rings. The van der Waals surface area contributed by atoms with Gasteiger partial charge in [-0.3, -0.25) is 4.57 Å². The summed E-state index contributed by atoms with van der Waals surface area (Å²) in [6.07, 6.45) is 6.46. The molecule has 0 unspecified atom stereocenters. The van der Waals surface area contributed by atoms with Crippen LogP contribution in [0.15, 0.2) is 34.7 Å². The van der Waals surface area contributed by atoms with E-state index in [2.05, 4.69) is 9.97 Å². The van der Waals surface area contributed by atoms with Crippen molar-refractivity contribution in [1.82, 2.24) is 19.1 Å². The third-order valence-electron chi connectivity index (χ3n) is 1.93. The second kappa shape index (κ2) is 4.71. The minimum absolute atomic E-state index is 0.314. The Balaban J connectivity index is 2.13. The summed E-state index contributed by atoms with van der Waals surface area (Å²) in [7, 11) is 1.90. The highest BCUT2D eigenvalue weighted by Gasteiger charge is 2.02. The minimum Gasteiger partial charge on any atom is -0.329 e. The summed E-state index contributed by atoms with van der Waals surface area (Å²) >= 11 is 7.20. The highest BCUT2D eigenvalue weighted by molar-refractivity contribution is 7.98. The van der Waals surface area contributed by atoms with E-state index in [1.807, 2.05) is 17.8 Å². The fraction of sp³-hybridized carbons (Fsp3) is 0.222. The Hall–Kier alpha value is -1.27. The van der Waals surface area contributed by atoms with Crippen LogP contribution < -0.4 is 5.69 Å². The van der Waals surface area contributed by atoms with Gasteiger partial charge < -0.3 is 4.57 Å². The summed E-state index contributed by atoms with van der Waals surface area (Å²) in [6.45, 7) is 0. The first-order chi connectivity index (χ1) is 7.66. The number of rotatable bonds is 3. The molecule has 5 nitrogen and oxygen atoms in total. The monoisotopic (exact) mass is 256 g/mol. The van der Waals surface area contributed by atoms with Crippen LogP contribution in [0.4, 0.5) is 0 Å². The lowest BCUT2D eigenvalue weighted by Gasteiger charge is -2.04. The van der Waals surface area contributed by atoms with Crippen LogP contribution in [-0.4, -0.2) is 19.1 Å². The van der Waals surface area contributed by atoms with Crippen LogP contribution in [0.3, 0.4) is 0 Å². The van der Waals surface area contributed by atoms with Crippen molar-refractivity contribution in [3.63, 3.8) is 0 Å². The first-order valence-corrected chi connectivity index (χ1v) is 5.85. The summed E-state index contributed by atoms with van der Waals surface area (Å²) in [5.74, 6) is 0.442. The number of hydrogen-bond acceptors (Lipinski definition) is 4. The van der Waals surface area contributed by atoms with E-state index in [4.69, 9.17) is 11.6 Å². The molecule has 84 valence electrons. The van der Waals surface area contributed by atoms with Gasteiger partial charge in [-0.25, -0.2) is 9.78 Å². The fourth-order valence-electron chi connectivity index (χ4n) is 1.14. The second-order valence-corrected chi connectivity index (χ2v) is 4.47. The maximum Gasteiger partial charge on any atom is 0.348 e. The van der Waals surface area contributed by atoms with E-state index in [0.29, 0.717) is 10.9 Å². The Kier molecular flexibility index (Phi) is 3.31. The predicted molar refractivity (Wildman–Crippen MR) is 62.6 cm³/mol. The highest BCUT2D eigenvalue weighted by atomic mass is 35.5. The Labute approximate surface area is 101 Å². The molecule has 2 rings (SSSR count). The van der Waals surface area contributed by atoms with Crippen molar-refractivity contribution >= 4 is 23.4 Å². The summed E-state index contributed by atoms with van der Waals surface area (Å²) in [6, 6.07) is 0. The molecular weight excluding hydrogens is 248 g/mol. The summed E-state index contributed by atoms with van der Waals surface area (Å²) < 4.78 is 3.33. The molecule has 0 saturated carbocycles. The van der Waals surface area contributed by atoms with Crippen molar-refractivity contribution in [3.05, 3.63) is 40.3 Å². The van der Waals surface area contributed by atoms with E-state index >= 15 is 0 Å². The molecule has 0 fully saturated rings. The number of hydrogen-bond donors (Lipinski definition) is 0. The predicted octanol–water partition coefficient (Wildman–Crippen LogP) is 1.38. The van der Waals surface area contributed by atoms with Crippen molar-refractivity contribution in [2.45, 2.75) is 11.0 Å². The van der Waals surface area contributed by atoms with E-state index in [-0.39, 0.29) is 5.69 Å². The van der Waals surface area contributed by atoms with Crippen LogP contribution >= 0.6 is 23.4 Å². The van der Waals surface area contributed by atoms with Gasteiger partial charge in [0.15, 0.2) is 5.16 Å². The number of imidazole rings is 1. The molecule has 0 N–H and O–H groups in total. The smallest absolute Gasteiger partial charge is 0.329 e. The summed E-state index contributed by atoms with van der Waals surface area (Å²) in [4.78, 5) is 19.1. The van der Waals surface area contributed by atoms with Crippen molar-refractivity contribution in [2.24, 2.45) is 7.05 Å². The zero-order chi connectivity index (χ0) is 11.5. The molecule has 0 saturated heterocycles. The van der Waals surface area contributed by atoms with Gasteiger partial charge in [0.25, 0.3) is 0 Å². The van der Waals surface area contributed by atoms with Gasteiger partial charge in [-0.1, -0.05) is 23.4 Å². The molecular formula is C9H9ClN4OS. The van der Waals surface area contributed by atoms with Gasteiger partial charge in [-0.2, -0.15) is 4.98 Å². The zero-order valence-electron chi connectivity index (χ0n) is 8.50. The Morgan fingerprint density at radius 2 is 2.31 bits per heavy atom. The van der Waals surface area contributed by atoms with Gasteiger partial charge in [0, 0.05) is 25.6 Å². The van der Waals surface area contributed by atoms with Gasteiger partial charge in [0.05, 0.1) is 17.1 Å². The average Bonchev–Trinajstić information content (AvgIpc) is 2.66. The van der Waals surface area contributed by atoms with Crippen LogP contribution in [0.2, 0.25) is 5.02 Å². The SMILES string of the molecule is Cn1ccnc1SCn1cc(Cl)cnc1=O. The largest absolute Gasteiger partial charge is 0.348 e. The molecule has 2 heterocycles. The molecule has 0 aromatic carbocycles. The normalized spacial score (nSPS) is 10.6. The fourth-order valence-corrected chi connectivity index (χ4v) is 2.15. The molecule has 0 aliphatic heterocycles. The third-order valence-corrected chi connectivity index (χ3v) is 3.19. The lowest BCUT2D eigenvalue weighted by Crippen LogP contribution is -2.20. The third kappa shape index (κ3) is 2.45. The van der Waals surface area contributed by atoms with E-state index in [0.717, 1.165) is 5.16 Å². The molecule has 2 aromatic rings. The molecule has 0 amide bonds. The highest BCUT2D eigenvalue weighted by Crippen LogP contribution is 2.16. The number of thioether (sulfide) groups is 1. The van der Waals surface area contributed by atoms with E-state index in [9.17, 15) is 4.79 Å². The van der Waals surface area contributed by atoms with E-state index in [1.54, 1.807) is 12.4 Å². The molecule has 16 heavy (non-hydrogen) atoms. The summed E-state index contributed by atoms with van der Waals surface area (Å²) in [5, 5.41) is 1.28. The Bertz CT molecular complexity index is 550. The Morgan fingerprint density at radius 3 is 3.00 bits per heavy atom. The standard InChI is InChI=1S/C9H9ClN4OS/c1-13-3-2-11-9(13)16-6-14-5-7(10)4-12-8(14)15/h2-5H,6H2,1H3. The average molecular weight is 257 g/mol. The van der Waals surface area contributed by atoms with E-state index in [1.165, 1.54) is 22.5 Å². The zero-order valence-corrected chi connectivity index (χ0v) is 10.1. The van der Waals surface area contributed by atoms with Crippen LogP contribution in [0, 0.1) is 0 Å². The van der Waals surface area contributed by atoms with Crippen LogP contribution in [0.5, 0.6) is 0 Å². The maximum absolute atomic E-state index is 11.4. The lowest BCUT2D eigenvalue weighted by atomic mass is 10.6. The molecule has 0 atom stereocenters. The Morgan fingerprint density at radius 1 is 1.50 bits per heavy atom. The van der Waals surface area contributed by atoms with Gasteiger partial charge in [0.2, 0.25) is 0 Å². The van der Waals surface area contributed by atoms with Crippen molar-refractivity contribution < 1.29 is 0 Å². The van der Waals surface area contributed by atoms with Gasteiger partial charge in [-0.15, -0.1) is 0 Å². The molecule has 0 spiro atoms. The number of nitrogens with zero attached hydrogens (tertiary/aromatic N) is 4. The number of aryl methyl sites for hydroxylation is 1. The van der Waals surface area contributed by atoms with Gasteiger partial charge in [-0.05, 0) is 0 Å².